The molecule has 9 nitrogen and oxygen atoms in total. The van der Waals surface area contributed by atoms with Gasteiger partial charge in [-0.25, -0.2) is 9.97 Å². The molecule has 1 saturated heterocycles. The zero-order chi connectivity index (χ0) is 23.2. The first-order valence-electron chi connectivity index (χ1n) is 11.3. The number of methoxy groups -OCH3 is 1. The van der Waals surface area contributed by atoms with Crippen molar-refractivity contribution in [3.05, 3.63) is 29.3 Å². The fourth-order valence-electron chi connectivity index (χ4n) is 3.80. The first-order valence-corrected chi connectivity index (χ1v) is 12.1. The number of rotatable bonds is 9. The number of piperazine rings is 1. The van der Waals surface area contributed by atoms with Crippen LogP contribution in [0.5, 0.6) is 11.5 Å². The van der Waals surface area contributed by atoms with Crippen LogP contribution in [0.15, 0.2) is 24.3 Å². The number of nitrogens with zero attached hydrogens (tertiary/aromatic N) is 5. The van der Waals surface area contributed by atoms with E-state index in [1.165, 1.54) is 12.8 Å². The van der Waals surface area contributed by atoms with Crippen molar-refractivity contribution < 1.29 is 14.3 Å². The number of hydrogen-bond acceptors (Lipinski definition) is 9. The molecular weight excluding hydrogens is 440 g/mol. The standard InChI is InChI=1S/C23H30N6O3S/c1-3-4-5-6-18-25-20-21(26-23(24)27-22(20)33-18)29-13-11-28(12-14-29)19(30)15-32-17-9-7-16(31-2)8-10-17/h7-10H,3-6,11-15H2,1-2H3,(H2,24,26,27). The van der Waals surface area contributed by atoms with Crippen LogP contribution in [-0.2, 0) is 11.2 Å². The summed E-state index contributed by atoms with van der Waals surface area (Å²) in [6.45, 7) is 4.68. The highest BCUT2D eigenvalue weighted by atomic mass is 32.1. The Labute approximate surface area is 197 Å². The van der Waals surface area contributed by atoms with Gasteiger partial charge in [0.2, 0.25) is 5.95 Å². The second kappa shape index (κ2) is 10.7. The number of fused-ring (bicyclic) bond motifs is 1. The van der Waals surface area contributed by atoms with E-state index in [9.17, 15) is 4.79 Å². The summed E-state index contributed by atoms with van der Waals surface area (Å²) < 4.78 is 10.8. The van der Waals surface area contributed by atoms with E-state index in [-0.39, 0.29) is 18.5 Å². The van der Waals surface area contributed by atoms with E-state index in [1.807, 2.05) is 4.90 Å². The Balaban J connectivity index is 1.36. The molecule has 2 aromatic heterocycles. The van der Waals surface area contributed by atoms with E-state index in [0.717, 1.165) is 39.8 Å². The summed E-state index contributed by atoms with van der Waals surface area (Å²) in [5.74, 6) is 2.37. The third kappa shape index (κ3) is 5.62. The monoisotopic (exact) mass is 470 g/mol. The predicted octanol–water partition coefficient (Wildman–Crippen LogP) is 3.14. The molecule has 176 valence electrons. The van der Waals surface area contributed by atoms with Crippen LogP contribution in [0.25, 0.3) is 10.3 Å². The number of aryl methyl sites for hydroxylation is 1. The second-order valence-corrected chi connectivity index (χ2v) is 9.02. The van der Waals surface area contributed by atoms with Crippen molar-refractivity contribution in [3.63, 3.8) is 0 Å². The highest BCUT2D eigenvalue weighted by molar-refractivity contribution is 7.18. The van der Waals surface area contributed by atoms with Crippen molar-refractivity contribution in [2.75, 3.05) is 50.5 Å². The molecule has 0 unspecified atom stereocenters. The summed E-state index contributed by atoms with van der Waals surface area (Å²) in [6, 6.07) is 7.19. The average Bonchev–Trinajstić information content (AvgIpc) is 3.25. The maximum Gasteiger partial charge on any atom is 0.260 e. The van der Waals surface area contributed by atoms with Crippen molar-refractivity contribution in [1.82, 2.24) is 19.9 Å². The van der Waals surface area contributed by atoms with E-state index in [4.69, 9.17) is 20.2 Å². The molecule has 1 aromatic carbocycles. The van der Waals surface area contributed by atoms with Gasteiger partial charge in [-0.3, -0.25) is 4.79 Å². The number of anilines is 2. The van der Waals surface area contributed by atoms with Crippen LogP contribution in [0.4, 0.5) is 11.8 Å². The van der Waals surface area contributed by atoms with Gasteiger partial charge in [-0.2, -0.15) is 4.98 Å². The van der Waals surface area contributed by atoms with E-state index < -0.39 is 0 Å². The van der Waals surface area contributed by atoms with Crippen molar-refractivity contribution in [3.8, 4) is 11.5 Å². The van der Waals surface area contributed by atoms with Crippen molar-refractivity contribution in [2.45, 2.75) is 32.6 Å². The average molecular weight is 471 g/mol. The zero-order valence-electron chi connectivity index (χ0n) is 19.1. The van der Waals surface area contributed by atoms with Gasteiger partial charge < -0.3 is 25.0 Å². The molecule has 0 saturated carbocycles. The van der Waals surface area contributed by atoms with Gasteiger partial charge in [-0.05, 0) is 37.1 Å². The fraction of sp³-hybridized carbons (Fsp3) is 0.478. The van der Waals surface area contributed by atoms with Gasteiger partial charge in [0, 0.05) is 26.2 Å². The Hall–Kier alpha value is -3.14. The molecule has 1 aliphatic heterocycles. The summed E-state index contributed by atoms with van der Waals surface area (Å²) in [7, 11) is 1.61. The van der Waals surface area contributed by atoms with Crippen molar-refractivity contribution in [1.29, 1.82) is 0 Å². The lowest BCUT2D eigenvalue weighted by atomic mass is 10.2. The number of ether oxygens (including phenoxy) is 2. The number of unbranched alkanes of at least 4 members (excludes halogenated alkanes) is 2. The van der Waals surface area contributed by atoms with Crippen LogP contribution in [0.2, 0.25) is 0 Å². The molecule has 1 amide bonds. The normalized spacial score (nSPS) is 14.0. The Bertz CT molecular complexity index is 1080. The van der Waals surface area contributed by atoms with E-state index in [1.54, 1.807) is 42.7 Å². The number of benzene rings is 1. The van der Waals surface area contributed by atoms with Crippen LogP contribution in [-0.4, -0.2) is 65.7 Å². The van der Waals surface area contributed by atoms with Gasteiger partial charge >= 0.3 is 0 Å². The molecule has 3 aromatic rings. The molecule has 0 radical (unpaired) electrons. The molecule has 0 spiro atoms. The Morgan fingerprint density at radius 3 is 2.48 bits per heavy atom. The molecule has 3 heterocycles. The highest BCUT2D eigenvalue weighted by Gasteiger charge is 2.25. The third-order valence-electron chi connectivity index (χ3n) is 5.65. The lowest BCUT2D eigenvalue weighted by Gasteiger charge is -2.35. The molecular formula is C23H30N6O3S. The quantitative estimate of drug-likeness (QED) is 0.476. The van der Waals surface area contributed by atoms with Gasteiger partial charge in [0.15, 0.2) is 17.3 Å². The first-order chi connectivity index (χ1) is 16.1. The molecule has 4 rings (SSSR count). The van der Waals surface area contributed by atoms with Crippen molar-refractivity contribution in [2.24, 2.45) is 0 Å². The lowest BCUT2D eigenvalue weighted by Crippen LogP contribution is -2.50. The van der Waals surface area contributed by atoms with Gasteiger partial charge in [0.1, 0.15) is 17.0 Å². The minimum absolute atomic E-state index is 0.00420. The largest absolute Gasteiger partial charge is 0.497 e. The summed E-state index contributed by atoms with van der Waals surface area (Å²) in [5, 5.41) is 1.07. The number of amides is 1. The molecule has 0 bridgehead atoms. The van der Waals surface area contributed by atoms with Gasteiger partial charge in [0.25, 0.3) is 5.91 Å². The van der Waals surface area contributed by atoms with Crippen LogP contribution in [0.1, 0.15) is 31.2 Å². The smallest absolute Gasteiger partial charge is 0.260 e. The molecule has 10 heteroatoms. The molecule has 33 heavy (non-hydrogen) atoms. The lowest BCUT2D eigenvalue weighted by molar-refractivity contribution is -0.133. The molecule has 1 fully saturated rings. The summed E-state index contributed by atoms with van der Waals surface area (Å²) in [5.41, 5.74) is 6.80. The maximum absolute atomic E-state index is 12.6. The molecule has 1 aliphatic rings. The summed E-state index contributed by atoms with van der Waals surface area (Å²) >= 11 is 1.59. The van der Waals surface area contributed by atoms with Crippen LogP contribution in [0.3, 0.4) is 0 Å². The predicted molar refractivity (Wildman–Crippen MR) is 130 cm³/mol. The van der Waals surface area contributed by atoms with Crippen molar-refractivity contribution >= 4 is 39.4 Å². The van der Waals surface area contributed by atoms with E-state index in [0.29, 0.717) is 31.9 Å². The number of nitrogens with two attached hydrogens (primary N) is 1. The number of thiazole rings is 1. The van der Waals surface area contributed by atoms with Crippen LogP contribution < -0.4 is 20.1 Å². The minimum atomic E-state index is -0.0373. The summed E-state index contributed by atoms with van der Waals surface area (Å²) in [4.78, 5) is 31.1. The fourth-order valence-corrected chi connectivity index (χ4v) is 4.78. The molecule has 2 N–H and O–H groups in total. The Morgan fingerprint density at radius 1 is 1.06 bits per heavy atom. The first kappa shape index (κ1) is 23.0. The zero-order valence-corrected chi connectivity index (χ0v) is 19.9. The number of nitrogen functional groups attached to an aromatic ring is 1. The van der Waals surface area contributed by atoms with Crippen LogP contribution in [0, 0.1) is 0 Å². The molecule has 0 aliphatic carbocycles. The second-order valence-electron chi connectivity index (χ2n) is 7.96. The Kier molecular flexibility index (Phi) is 7.43. The topological polar surface area (TPSA) is 107 Å². The van der Waals surface area contributed by atoms with Gasteiger partial charge in [-0.1, -0.05) is 31.1 Å². The number of hydrogen-bond donors (Lipinski definition) is 1. The van der Waals surface area contributed by atoms with Gasteiger partial charge in [-0.15, -0.1) is 0 Å². The summed E-state index contributed by atoms with van der Waals surface area (Å²) in [6.07, 6.45) is 4.43. The van der Waals surface area contributed by atoms with E-state index >= 15 is 0 Å². The van der Waals surface area contributed by atoms with Gasteiger partial charge in [0.05, 0.1) is 12.1 Å². The third-order valence-corrected chi connectivity index (χ3v) is 6.66. The SMILES string of the molecule is CCCCCc1nc2c(N3CCN(C(=O)COc4ccc(OC)cc4)CC3)nc(N)nc2s1. The number of carbonyl (C=O) groups is 1. The highest BCUT2D eigenvalue weighted by Crippen LogP contribution is 2.30. The number of carbonyl (C=O) groups excluding carboxylic acids is 1. The molecule has 0 atom stereocenters. The van der Waals surface area contributed by atoms with Crippen LogP contribution >= 0.6 is 11.3 Å². The minimum Gasteiger partial charge on any atom is -0.497 e. The Morgan fingerprint density at radius 2 is 1.79 bits per heavy atom. The maximum atomic E-state index is 12.6. The number of aromatic nitrogens is 3. The van der Waals surface area contributed by atoms with E-state index in [2.05, 4.69) is 21.8 Å².